The van der Waals surface area contributed by atoms with Crippen LogP contribution < -0.4 is 16.0 Å². The molecule has 27 heavy (non-hydrogen) atoms. The number of pyridine rings is 1. The van der Waals surface area contributed by atoms with Gasteiger partial charge in [0.25, 0.3) is 0 Å². The Balaban J connectivity index is 0.00000364. The second kappa shape index (κ2) is 12.2. The molecule has 0 radical (unpaired) electrons. The highest BCUT2D eigenvalue weighted by Gasteiger charge is 2.34. The Hall–Kier alpha value is -1.30. The van der Waals surface area contributed by atoms with Gasteiger partial charge in [0.15, 0.2) is 5.96 Å². The SMILES string of the molecule is CN=C(NCCCCNc1ccccn1)NC1CCN(CC(F)(F)F)C1.I. The van der Waals surface area contributed by atoms with E-state index in [2.05, 4.69) is 25.9 Å². The van der Waals surface area contributed by atoms with Crippen LogP contribution in [0.25, 0.3) is 0 Å². The number of guanidine groups is 1. The van der Waals surface area contributed by atoms with Gasteiger partial charge in [0.05, 0.1) is 6.54 Å². The van der Waals surface area contributed by atoms with Gasteiger partial charge in [-0.15, -0.1) is 24.0 Å². The predicted molar refractivity (Wildman–Crippen MR) is 113 cm³/mol. The molecular weight excluding hydrogens is 472 g/mol. The summed E-state index contributed by atoms with van der Waals surface area (Å²) in [5, 5.41) is 9.66. The fraction of sp³-hybridized carbons (Fsp3) is 0.647. The van der Waals surface area contributed by atoms with E-state index in [-0.39, 0.29) is 30.0 Å². The maximum Gasteiger partial charge on any atom is 0.401 e. The number of hydrogen-bond donors (Lipinski definition) is 3. The number of hydrogen-bond acceptors (Lipinski definition) is 4. The summed E-state index contributed by atoms with van der Waals surface area (Å²) < 4.78 is 37.3. The number of aliphatic imine (C=N–C) groups is 1. The summed E-state index contributed by atoms with van der Waals surface area (Å²) in [5.74, 6) is 1.50. The van der Waals surface area contributed by atoms with Crippen LogP contribution in [0.15, 0.2) is 29.4 Å². The van der Waals surface area contributed by atoms with Gasteiger partial charge in [-0.05, 0) is 31.4 Å². The molecule has 1 aromatic rings. The highest BCUT2D eigenvalue weighted by atomic mass is 127. The molecule has 154 valence electrons. The Morgan fingerprint density at radius 3 is 2.74 bits per heavy atom. The van der Waals surface area contributed by atoms with Crippen LogP contribution >= 0.6 is 24.0 Å². The standard InChI is InChI=1S/C17H27F3N6.HI/c1-21-16(25-14-7-11-26(12-14)13-17(18,19)20)24-10-5-4-9-23-15-6-2-3-8-22-15;/h2-3,6,8,14H,4-5,7,9-13H2,1H3,(H,22,23)(H2,21,24,25);1H. The van der Waals surface area contributed by atoms with E-state index in [1.807, 2.05) is 18.2 Å². The molecule has 2 heterocycles. The minimum Gasteiger partial charge on any atom is -0.370 e. The van der Waals surface area contributed by atoms with Gasteiger partial charge in [-0.1, -0.05) is 6.07 Å². The Kier molecular flexibility index (Phi) is 10.7. The molecule has 0 saturated carbocycles. The molecule has 1 aliphatic rings. The normalized spacial score (nSPS) is 18.1. The van der Waals surface area contributed by atoms with Crippen molar-refractivity contribution in [1.82, 2.24) is 20.5 Å². The average Bonchev–Trinajstić information content (AvgIpc) is 3.02. The summed E-state index contributed by atoms with van der Waals surface area (Å²) in [5.41, 5.74) is 0. The zero-order chi connectivity index (χ0) is 18.8. The van der Waals surface area contributed by atoms with Crippen molar-refractivity contribution in [1.29, 1.82) is 0 Å². The first-order valence-electron chi connectivity index (χ1n) is 8.87. The van der Waals surface area contributed by atoms with Crippen molar-refractivity contribution in [3.63, 3.8) is 0 Å². The van der Waals surface area contributed by atoms with Crippen molar-refractivity contribution in [3.8, 4) is 0 Å². The molecule has 0 aromatic carbocycles. The summed E-state index contributed by atoms with van der Waals surface area (Å²) in [6.45, 7) is 1.57. The molecule has 0 aliphatic carbocycles. The number of likely N-dealkylation sites (tertiary alicyclic amines) is 1. The second-order valence-electron chi connectivity index (χ2n) is 6.33. The number of nitrogens with one attached hydrogen (secondary N) is 3. The van der Waals surface area contributed by atoms with Gasteiger partial charge in [-0.2, -0.15) is 13.2 Å². The van der Waals surface area contributed by atoms with Crippen LogP contribution in [0, 0.1) is 0 Å². The van der Waals surface area contributed by atoms with Gasteiger partial charge in [-0.25, -0.2) is 4.98 Å². The first kappa shape index (κ1) is 23.7. The van der Waals surface area contributed by atoms with E-state index in [1.165, 1.54) is 4.90 Å². The van der Waals surface area contributed by atoms with Crippen LogP contribution in [-0.2, 0) is 0 Å². The smallest absolute Gasteiger partial charge is 0.370 e. The van der Waals surface area contributed by atoms with E-state index in [4.69, 9.17) is 0 Å². The zero-order valence-corrected chi connectivity index (χ0v) is 17.8. The number of aromatic nitrogens is 1. The van der Waals surface area contributed by atoms with Gasteiger partial charge < -0.3 is 16.0 Å². The van der Waals surface area contributed by atoms with Crippen molar-refractivity contribution >= 4 is 35.8 Å². The predicted octanol–water partition coefficient (Wildman–Crippen LogP) is 2.69. The summed E-state index contributed by atoms with van der Waals surface area (Å²) in [4.78, 5) is 9.76. The average molecular weight is 500 g/mol. The Bertz CT molecular complexity index is 555. The fourth-order valence-electron chi connectivity index (χ4n) is 2.88. The van der Waals surface area contributed by atoms with Crippen LogP contribution in [-0.4, -0.2) is 67.8 Å². The Morgan fingerprint density at radius 1 is 1.30 bits per heavy atom. The molecule has 1 fully saturated rings. The molecule has 6 nitrogen and oxygen atoms in total. The van der Waals surface area contributed by atoms with E-state index in [1.54, 1.807) is 13.2 Å². The van der Waals surface area contributed by atoms with Crippen LogP contribution in [0.5, 0.6) is 0 Å². The lowest BCUT2D eigenvalue weighted by Gasteiger charge is -2.19. The summed E-state index contributed by atoms with van der Waals surface area (Å²) in [6, 6.07) is 5.73. The molecule has 3 N–H and O–H groups in total. The maximum atomic E-state index is 12.4. The lowest BCUT2D eigenvalue weighted by Crippen LogP contribution is -2.45. The highest BCUT2D eigenvalue weighted by Crippen LogP contribution is 2.19. The van der Waals surface area contributed by atoms with Crippen molar-refractivity contribution in [2.24, 2.45) is 4.99 Å². The van der Waals surface area contributed by atoms with E-state index >= 15 is 0 Å². The van der Waals surface area contributed by atoms with E-state index < -0.39 is 12.7 Å². The summed E-state index contributed by atoms with van der Waals surface area (Å²) in [7, 11) is 1.67. The minimum absolute atomic E-state index is 0. The number of alkyl halides is 3. The highest BCUT2D eigenvalue weighted by molar-refractivity contribution is 14.0. The largest absolute Gasteiger partial charge is 0.401 e. The van der Waals surface area contributed by atoms with Gasteiger partial charge in [-0.3, -0.25) is 9.89 Å². The number of anilines is 1. The molecule has 0 spiro atoms. The molecule has 1 atom stereocenters. The topological polar surface area (TPSA) is 64.6 Å². The van der Waals surface area contributed by atoms with Crippen LogP contribution in [0.2, 0.25) is 0 Å². The molecular formula is C17H28F3IN6. The van der Waals surface area contributed by atoms with E-state index in [9.17, 15) is 13.2 Å². The number of unbranched alkanes of at least 4 members (excludes halogenated alkanes) is 1. The Morgan fingerprint density at radius 2 is 2.07 bits per heavy atom. The van der Waals surface area contributed by atoms with Gasteiger partial charge in [0, 0.05) is 45.5 Å². The molecule has 10 heteroatoms. The van der Waals surface area contributed by atoms with Gasteiger partial charge in [0.2, 0.25) is 0 Å². The van der Waals surface area contributed by atoms with Gasteiger partial charge in [0.1, 0.15) is 5.82 Å². The van der Waals surface area contributed by atoms with E-state index in [0.29, 0.717) is 25.5 Å². The third-order valence-corrected chi connectivity index (χ3v) is 4.11. The molecule has 2 rings (SSSR count). The van der Waals surface area contributed by atoms with Gasteiger partial charge >= 0.3 is 6.18 Å². The Labute approximate surface area is 175 Å². The number of halogens is 4. The zero-order valence-electron chi connectivity index (χ0n) is 15.4. The first-order valence-corrected chi connectivity index (χ1v) is 8.87. The van der Waals surface area contributed by atoms with Crippen LogP contribution in [0.4, 0.5) is 19.0 Å². The van der Waals surface area contributed by atoms with Crippen molar-refractivity contribution in [2.45, 2.75) is 31.5 Å². The first-order chi connectivity index (χ1) is 12.5. The number of nitrogens with zero attached hydrogens (tertiary/aromatic N) is 3. The molecule has 0 bridgehead atoms. The lowest BCUT2D eigenvalue weighted by molar-refractivity contribution is -0.143. The monoisotopic (exact) mass is 500 g/mol. The maximum absolute atomic E-state index is 12.4. The second-order valence-corrected chi connectivity index (χ2v) is 6.33. The molecule has 1 aromatic heterocycles. The minimum atomic E-state index is -4.14. The molecule has 1 aliphatic heterocycles. The fourth-order valence-corrected chi connectivity index (χ4v) is 2.88. The third-order valence-electron chi connectivity index (χ3n) is 4.11. The molecule has 0 amide bonds. The quantitative estimate of drug-likeness (QED) is 0.222. The van der Waals surface area contributed by atoms with Crippen LogP contribution in [0.1, 0.15) is 19.3 Å². The van der Waals surface area contributed by atoms with Crippen LogP contribution in [0.3, 0.4) is 0 Å². The molecule has 1 unspecified atom stereocenters. The summed E-state index contributed by atoms with van der Waals surface area (Å²) in [6.07, 6.45) is 0.218. The lowest BCUT2D eigenvalue weighted by atomic mass is 10.2. The van der Waals surface area contributed by atoms with Crippen molar-refractivity contribution in [3.05, 3.63) is 24.4 Å². The number of rotatable bonds is 8. The van der Waals surface area contributed by atoms with Crippen molar-refractivity contribution in [2.75, 3.05) is 45.1 Å². The summed E-state index contributed by atoms with van der Waals surface area (Å²) >= 11 is 0. The van der Waals surface area contributed by atoms with E-state index in [0.717, 1.165) is 31.7 Å². The molecule has 1 saturated heterocycles. The van der Waals surface area contributed by atoms with Crippen molar-refractivity contribution < 1.29 is 13.2 Å². The third kappa shape index (κ3) is 9.99.